The lowest BCUT2D eigenvalue weighted by atomic mass is 10.1. The lowest BCUT2D eigenvalue weighted by molar-refractivity contribution is 0.797. The second-order valence-corrected chi connectivity index (χ2v) is 5.08. The second-order valence-electron chi connectivity index (χ2n) is 4.65. The van der Waals surface area contributed by atoms with Crippen molar-refractivity contribution in [1.29, 1.82) is 0 Å². The summed E-state index contributed by atoms with van der Waals surface area (Å²) in [6.45, 7) is 0.583. The fraction of sp³-hybridized carbons (Fsp3) is 0.0667. The van der Waals surface area contributed by atoms with Crippen LogP contribution in [0.3, 0.4) is 0 Å². The topological polar surface area (TPSA) is 34.9 Å². The van der Waals surface area contributed by atoms with Gasteiger partial charge < -0.3 is 0 Å². The molecule has 3 nitrogen and oxygen atoms in total. The third-order valence-corrected chi connectivity index (χ3v) is 3.74. The Morgan fingerprint density at radius 2 is 2.00 bits per heavy atom. The van der Waals surface area contributed by atoms with Gasteiger partial charge in [-0.05, 0) is 23.8 Å². The van der Waals surface area contributed by atoms with E-state index in [0.717, 1.165) is 17.0 Å². The van der Waals surface area contributed by atoms with Crippen molar-refractivity contribution >= 4 is 22.5 Å². The molecule has 1 aliphatic rings. The first kappa shape index (κ1) is 10.8. The molecular formula is C15H9ClN2O. The Hall–Kier alpha value is -2.13. The highest BCUT2D eigenvalue weighted by atomic mass is 35.5. The van der Waals surface area contributed by atoms with Crippen molar-refractivity contribution in [2.75, 3.05) is 0 Å². The Morgan fingerprint density at radius 1 is 1.16 bits per heavy atom. The van der Waals surface area contributed by atoms with E-state index in [9.17, 15) is 4.79 Å². The zero-order valence-corrected chi connectivity index (χ0v) is 10.7. The third-order valence-electron chi connectivity index (χ3n) is 3.50. The largest absolute Gasteiger partial charge is 0.288 e. The lowest BCUT2D eigenvalue weighted by Gasteiger charge is -2.05. The molecule has 0 N–H and O–H groups in total. The molecule has 92 valence electrons. The Bertz CT molecular complexity index is 883. The van der Waals surface area contributed by atoms with Crippen molar-refractivity contribution in [3.8, 4) is 11.4 Å². The van der Waals surface area contributed by atoms with Crippen LogP contribution in [-0.2, 0) is 6.54 Å². The first-order valence-electron chi connectivity index (χ1n) is 6.02. The van der Waals surface area contributed by atoms with E-state index in [1.165, 1.54) is 0 Å². The third kappa shape index (κ3) is 1.45. The van der Waals surface area contributed by atoms with Crippen LogP contribution < -0.4 is 5.56 Å². The lowest BCUT2D eigenvalue weighted by Crippen LogP contribution is -2.20. The normalized spacial score (nSPS) is 12.5. The predicted octanol–water partition coefficient (Wildman–Crippen LogP) is 3.08. The van der Waals surface area contributed by atoms with Crippen molar-refractivity contribution in [2.24, 2.45) is 0 Å². The molecule has 0 fully saturated rings. The van der Waals surface area contributed by atoms with E-state index in [2.05, 4.69) is 4.98 Å². The summed E-state index contributed by atoms with van der Waals surface area (Å²) in [7, 11) is 0. The number of benzene rings is 2. The Kier molecular flexibility index (Phi) is 2.09. The maximum atomic E-state index is 12.5. The van der Waals surface area contributed by atoms with Crippen molar-refractivity contribution in [2.45, 2.75) is 6.54 Å². The van der Waals surface area contributed by atoms with Crippen LogP contribution in [0.15, 0.2) is 47.3 Å². The van der Waals surface area contributed by atoms with Gasteiger partial charge in [0.25, 0.3) is 5.56 Å². The molecular weight excluding hydrogens is 260 g/mol. The fourth-order valence-corrected chi connectivity index (χ4v) is 2.76. The van der Waals surface area contributed by atoms with Gasteiger partial charge in [0, 0.05) is 10.6 Å². The summed E-state index contributed by atoms with van der Waals surface area (Å²) in [5.41, 5.74) is 2.83. The van der Waals surface area contributed by atoms with E-state index in [1.807, 2.05) is 24.3 Å². The van der Waals surface area contributed by atoms with Crippen LogP contribution in [0.2, 0.25) is 5.02 Å². The van der Waals surface area contributed by atoms with E-state index in [4.69, 9.17) is 11.6 Å². The van der Waals surface area contributed by atoms with Gasteiger partial charge in [0.05, 0.1) is 17.4 Å². The molecule has 0 spiro atoms. The molecule has 0 bridgehead atoms. The summed E-state index contributed by atoms with van der Waals surface area (Å²) in [4.78, 5) is 17.1. The number of halogens is 1. The van der Waals surface area contributed by atoms with Gasteiger partial charge in [-0.1, -0.05) is 35.9 Å². The summed E-state index contributed by atoms with van der Waals surface area (Å²) >= 11 is 5.95. The molecule has 4 heteroatoms. The van der Waals surface area contributed by atoms with Crippen molar-refractivity contribution in [3.63, 3.8) is 0 Å². The van der Waals surface area contributed by atoms with Gasteiger partial charge >= 0.3 is 0 Å². The van der Waals surface area contributed by atoms with E-state index in [1.54, 1.807) is 22.8 Å². The van der Waals surface area contributed by atoms with Crippen LogP contribution in [0.25, 0.3) is 22.3 Å². The van der Waals surface area contributed by atoms with Crippen LogP contribution >= 0.6 is 11.6 Å². The average Bonchev–Trinajstić information content (AvgIpc) is 2.79. The van der Waals surface area contributed by atoms with Crippen molar-refractivity contribution in [3.05, 3.63) is 63.4 Å². The standard InChI is InChI=1S/C15H9ClN2O/c16-10-5-6-13-12(7-10)15(19)18-8-9-3-1-2-4-11(9)14(18)17-13/h1-7H,8H2. The van der Waals surface area contributed by atoms with E-state index in [-0.39, 0.29) is 5.56 Å². The minimum atomic E-state index is -0.0290. The Balaban J connectivity index is 2.14. The zero-order valence-electron chi connectivity index (χ0n) is 9.93. The van der Waals surface area contributed by atoms with Crippen LogP contribution in [0, 0.1) is 0 Å². The van der Waals surface area contributed by atoms with Gasteiger partial charge in [0.1, 0.15) is 5.82 Å². The number of nitrogens with zero attached hydrogens (tertiary/aromatic N) is 2. The minimum absolute atomic E-state index is 0.0290. The molecule has 1 aliphatic heterocycles. The molecule has 2 heterocycles. The Labute approximate surface area is 114 Å². The summed E-state index contributed by atoms with van der Waals surface area (Å²) < 4.78 is 1.71. The summed E-state index contributed by atoms with van der Waals surface area (Å²) in [6, 6.07) is 13.2. The number of rotatable bonds is 0. The van der Waals surface area contributed by atoms with Crippen LogP contribution in [0.4, 0.5) is 0 Å². The highest BCUT2D eigenvalue weighted by Crippen LogP contribution is 2.29. The fourth-order valence-electron chi connectivity index (χ4n) is 2.59. The molecule has 0 unspecified atom stereocenters. The first-order valence-corrected chi connectivity index (χ1v) is 6.40. The highest BCUT2D eigenvalue weighted by Gasteiger charge is 2.21. The zero-order chi connectivity index (χ0) is 13.0. The van der Waals surface area contributed by atoms with Crippen LogP contribution in [-0.4, -0.2) is 9.55 Å². The molecule has 0 aliphatic carbocycles. The molecule has 4 rings (SSSR count). The van der Waals surface area contributed by atoms with Gasteiger partial charge in [0.2, 0.25) is 0 Å². The molecule has 19 heavy (non-hydrogen) atoms. The van der Waals surface area contributed by atoms with Gasteiger partial charge in [-0.25, -0.2) is 4.98 Å². The SMILES string of the molecule is O=c1c2cc(Cl)ccc2nc2n1Cc1ccccc1-2. The molecule has 0 atom stereocenters. The van der Waals surface area contributed by atoms with E-state index in [0.29, 0.717) is 22.5 Å². The van der Waals surface area contributed by atoms with Gasteiger partial charge in [-0.3, -0.25) is 9.36 Å². The predicted molar refractivity (Wildman–Crippen MR) is 75.6 cm³/mol. The maximum Gasteiger partial charge on any atom is 0.262 e. The number of hydrogen-bond donors (Lipinski definition) is 0. The van der Waals surface area contributed by atoms with Gasteiger partial charge in [-0.2, -0.15) is 0 Å². The second kappa shape index (κ2) is 3.68. The molecule has 1 aromatic heterocycles. The minimum Gasteiger partial charge on any atom is -0.288 e. The summed E-state index contributed by atoms with van der Waals surface area (Å²) in [5, 5.41) is 1.13. The monoisotopic (exact) mass is 268 g/mol. The van der Waals surface area contributed by atoms with E-state index < -0.39 is 0 Å². The smallest absolute Gasteiger partial charge is 0.262 e. The highest BCUT2D eigenvalue weighted by molar-refractivity contribution is 6.31. The average molecular weight is 269 g/mol. The molecule has 3 aromatic rings. The van der Waals surface area contributed by atoms with Gasteiger partial charge in [0.15, 0.2) is 0 Å². The van der Waals surface area contributed by atoms with Crippen LogP contribution in [0.1, 0.15) is 5.56 Å². The summed E-state index contributed by atoms with van der Waals surface area (Å²) in [5.74, 6) is 0.746. The van der Waals surface area contributed by atoms with Crippen LogP contribution in [0.5, 0.6) is 0 Å². The first-order chi connectivity index (χ1) is 9.24. The summed E-state index contributed by atoms with van der Waals surface area (Å²) in [6.07, 6.45) is 0. The number of aromatic nitrogens is 2. The molecule has 2 aromatic carbocycles. The molecule has 0 amide bonds. The quantitative estimate of drug-likeness (QED) is 0.491. The molecule has 0 saturated carbocycles. The Morgan fingerprint density at radius 3 is 2.89 bits per heavy atom. The molecule has 0 saturated heterocycles. The maximum absolute atomic E-state index is 12.5. The van der Waals surface area contributed by atoms with Gasteiger partial charge in [-0.15, -0.1) is 0 Å². The number of fused-ring (bicyclic) bond motifs is 4. The van der Waals surface area contributed by atoms with Crippen molar-refractivity contribution in [1.82, 2.24) is 9.55 Å². The van der Waals surface area contributed by atoms with E-state index >= 15 is 0 Å². The van der Waals surface area contributed by atoms with Crippen molar-refractivity contribution < 1.29 is 0 Å². The number of hydrogen-bond acceptors (Lipinski definition) is 2. The molecule has 0 radical (unpaired) electrons.